The van der Waals surface area contributed by atoms with E-state index in [9.17, 15) is 8.42 Å². The molecular formula is C9H21N3O2S. The summed E-state index contributed by atoms with van der Waals surface area (Å²) in [6, 6.07) is 0.270. The van der Waals surface area contributed by atoms with Crippen molar-refractivity contribution < 1.29 is 8.42 Å². The Morgan fingerprint density at radius 1 is 1.47 bits per heavy atom. The summed E-state index contributed by atoms with van der Waals surface area (Å²) < 4.78 is 27.2. The Morgan fingerprint density at radius 2 is 2.20 bits per heavy atom. The monoisotopic (exact) mass is 235 g/mol. The fourth-order valence-electron chi connectivity index (χ4n) is 2.02. The lowest BCUT2D eigenvalue weighted by molar-refractivity contribution is 0.273. The van der Waals surface area contributed by atoms with Crippen molar-refractivity contribution in [1.82, 2.24) is 14.8 Å². The Morgan fingerprint density at radius 3 is 2.80 bits per heavy atom. The first-order chi connectivity index (χ1) is 7.09. The van der Waals surface area contributed by atoms with Crippen LogP contribution in [-0.2, 0) is 10.2 Å². The molecule has 1 saturated heterocycles. The molecule has 0 radical (unpaired) electrons. The standard InChI is InChI=1S/C9H21N3O2S/c1-3-8-5-4-6-11-9(8)7-12-15(13,14)10-2/h8-12H,3-7H2,1-2H3. The number of rotatable bonds is 5. The molecule has 2 atom stereocenters. The normalized spacial score (nSPS) is 27.9. The zero-order valence-electron chi connectivity index (χ0n) is 9.41. The molecule has 0 aromatic heterocycles. The number of nitrogens with one attached hydrogen (secondary N) is 3. The molecule has 0 aromatic rings. The first kappa shape index (κ1) is 12.9. The number of piperidine rings is 1. The zero-order chi connectivity index (χ0) is 11.3. The average molecular weight is 235 g/mol. The highest BCUT2D eigenvalue weighted by molar-refractivity contribution is 7.87. The molecule has 1 heterocycles. The van der Waals surface area contributed by atoms with Crippen molar-refractivity contribution in [3.8, 4) is 0 Å². The molecule has 6 heteroatoms. The Kier molecular flexibility index (Phi) is 4.98. The van der Waals surface area contributed by atoms with Gasteiger partial charge in [-0.2, -0.15) is 8.42 Å². The molecule has 1 rings (SSSR count). The minimum absolute atomic E-state index is 0.270. The van der Waals surface area contributed by atoms with E-state index in [1.165, 1.54) is 19.9 Å². The Hall–Kier alpha value is -0.170. The van der Waals surface area contributed by atoms with Crippen molar-refractivity contribution in [3.05, 3.63) is 0 Å². The van der Waals surface area contributed by atoms with Gasteiger partial charge in [0.2, 0.25) is 0 Å². The summed E-state index contributed by atoms with van der Waals surface area (Å²) in [5.41, 5.74) is 0. The van der Waals surface area contributed by atoms with E-state index in [4.69, 9.17) is 0 Å². The molecule has 0 amide bonds. The predicted molar refractivity (Wildman–Crippen MR) is 60.8 cm³/mol. The van der Waals surface area contributed by atoms with Crippen LogP contribution in [0.4, 0.5) is 0 Å². The van der Waals surface area contributed by atoms with Gasteiger partial charge in [-0.05, 0) is 25.3 Å². The average Bonchev–Trinajstić information content (AvgIpc) is 2.27. The van der Waals surface area contributed by atoms with Crippen LogP contribution < -0.4 is 14.8 Å². The van der Waals surface area contributed by atoms with Crippen LogP contribution >= 0.6 is 0 Å². The van der Waals surface area contributed by atoms with Crippen LogP contribution in [0, 0.1) is 5.92 Å². The molecule has 0 saturated carbocycles. The molecule has 1 aliphatic heterocycles. The highest BCUT2D eigenvalue weighted by Gasteiger charge is 2.24. The van der Waals surface area contributed by atoms with E-state index in [0.717, 1.165) is 13.0 Å². The predicted octanol–water partition coefficient (Wildman–Crippen LogP) is -0.182. The summed E-state index contributed by atoms with van der Waals surface area (Å²) in [5, 5.41) is 3.36. The molecular weight excluding hydrogens is 214 g/mol. The van der Waals surface area contributed by atoms with E-state index in [2.05, 4.69) is 21.7 Å². The number of hydrogen-bond donors (Lipinski definition) is 3. The largest absolute Gasteiger partial charge is 0.312 e. The van der Waals surface area contributed by atoms with Crippen LogP contribution in [0.3, 0.4) is 0 Å². The summed E-state index contributed by atoms with van der Waals surface area (Å²) in [6.45, 7) is 3.61. The van der Waals surface area contributed by atoms with Crippen molar-refractivity contribution >= 4 is 10.2 Å². The van der Waals surface area contributed by atoms with E-state index < -0.39 is 10.2 Å². The molecule has 90 valence electrons. The summed E-state index contributed by atoms with van der Waals surface area (Å²) >= 11 is 0. The van der Waals surface area contributed by atoms with Gasteiger partial charge >= 0.3 is 0 Å². The van der Waals surface area contributed by atoms with Crippen LogP contribution in [0.2, 0.25) is 0 Å². The van der Waals surface area contributed by atoms with Crippen LogP contribution in [0.25, 0.3) is 0 Å². The van der Waals surface area contributed by atoms with Gasteiger partial charge in [0, 0.05) is 19.6 Å². The second-order valence-electron chi connectivity index (χ2n) is 3.93. The maximum absolute atomic E-state index is 11.2. The molecule has 0 spiro atoms. The quantitative estimate of drug-likeness (QED) is 0.619. The van der Waals surface area contributed by atoms with E-state index in [0.29, 0.717) is 12.5 Å². The molecule has 3 N–H and O–H groups in total. The second-order valence-corrected chi connectivity index (χ2v) is 5.63. The van der Waals surface area contributed by atoms with Crippen LogP contribution in [0.15, 0.2) is 0 Å². The molecule has 0 bridgehead atoms. The molecule has 15 heavy (non-hydrogen) atoms. The Balaban J connectivity index is 2.42. The van der Waals surface area contributed by atoms with Gasteiger partial charge in [-0.3, -0.25) is 0 Å². The number of hydrogen-bond acceptors (Lipinski definition) is 3. The third kappa shape index (κ3) is 4.06. The molecule has 0 aromatic carbocycles. The fourth-order valence-corrected chi connectivity index (χ4v) is 2.56. The van der Waals surface area contributed by atoms with Crippen LogP contribution in [-0.4, -0.2) is 34.6 Å². The van der Waals surface area contributed by atoms with Crippen molar-refractivity contribution in [3.63, 3.8) is 0 Å². The van der Waals surface area contributed by atoms with Gasteiger partial charge in [0.15, 0.2) is 0 Å². The first-order valence-corrected chi connectivity index (χ1v) is 6.99. The van der Waals surface area contributed by atoms with E-state index >= 15 is 0 Å². The van der Waals surface area contributed by atoms with Gasteiger partial charge in [-0.15, -0.1) is 0 Å². The lowest BCUT2D eigenvalue weighted by Gasteiger charge is -2.32. The highest BCUT2D eigenvalue weighted by atomic mass is 32.2. The Labute approximate surface area is 92.2 Å². The smallest absolute Gasteiger partial charge is 0.276 e. The van der Waals surface area contributed by atoms with Crippen LogP contribution in [0.5, 0.6) is 0 Å². The van der Waals surface area contributed by atoms with E-state index in [1.54, 1.807) is 0 Å². The van der Waals surface area contributed by atoms with E-state index in [-0.39, 0.29) is 6.04 Å². The molecule has 2 unspecified atom stereocenters. The van der Waals surface area contributed by atoms with Gasteiger partial charge in [0.25, 0.3) is 10.2 Å². The zero-order valence-corrected chi connectivity index (χ0v) is 10.2. The van der Waals surface area contributed by atoms with Crippen molar-refractivity contribution in [2.45, 2.75) is 32.2 Å². The van der Waals surface area contributed by atoms with Gasteiger partial charge in [-0.1, -0.05) is 13.3 Å². The molecule has 1 aliphatic rings. The minimum atomic E-state index is -3.29. The van der Waals surface area contributed by atoms with Crippen molar-refractivity contribution in [1.29, 1.82) is 0 Å². The lowest BCUT2D eigenvalue weighted by Crippen LogP contribution is -2.50. The third-order valence-electron chi connectivity index (χ3n) is 3.01. The topological polar surface area (TPSA) is 70.2 Å². The van der Waals surface area contributed by atoms with Crippen molar-refractivity contribution in [2.75, 3.05) is 20.1 Å². The maximum Gasteiger partial charge on any atom is 0.276 e. The lowest BCUT2D eigenvalue weighted by atomic mass is 9.89. The first-order valence-electron chi connectivity index (χ1n) is 5.50. The highest BCUT2D eigenvalue weighted by Crippen LogP contribution is 2.19. The fraction of sp³-hybridized carbons (Fsp3) is 1.00. The molecule has 5 nitrogen and oxygen atoms in total. The molecule has 1 fully saturated rings. The third-order valence-corrected chi connectivity index (χ3v) is 4.10. The summed E-state index contributed by atoms with van der Waals surface area (Å²) in [5.74, 6) is 0.582. The van der Waals surface area contributed by atoms with Gasteiger partial charge in [-0.25, -0.2) is 9.44 Å². The maximum atomic E-state index is 11.2. The van der Waals surface area contributed by atoms with Crippen molar-refractivity contribution in [2.24, 2.45) is 5.92 Å². The second kappa shape index (κ2) is 5.79. The van der Waals surface area contributed by atoms with E-state index in [1.807, 2.05) is 0 Å². The van der Waals surface area contributed by atoms with Crippen LogP contribution in [0.1, 0.15) is 26.2 Å². The van der Waals surface area contributed by atoms with Gasteiger partial charge in [0.05, 0.1) is 0 Å². The summed E-state index contributed by atoms with van der Waals surface area (Å²) in [7, 11) is -1.88. The molecule has 0 aliphatic carbocycles. The van der Waals surface area contributed by atoms with Gasteiger partial charge in [0.1, 0.15) is 0 Å². The summed E-state index contributed by atoms with van der Waals surface area (Å²) in [6.07, 6.45) is 3.47. The SMILES string of the molecule is CCC1CCCNC1CNS(=O)(=O)NC. The van der Waals surface area contributed by atoms with Gasteiger partial charge < -0.3 is 5.32 Å². The summed E-state index contributed by atoms with van der Waals surface area (Å²) in [4.78, 5) is 0. The Bertz CT molecular complexity index is 279. The minimum Gasteiger partial charge on any atom is -0.312 e.